The Hall–Kier alpha value is -3.70. The largest absolute Gasteiger partial charge is 0.497 e. The Balaban J connectivity index is 1.25. The number of benzene rings is 3. The second-order valence-corrected chi connectivity index (χ2v) is 8.81. The number of anilines is 1. The van der Waals surface area contributed by atoms with Gasteiger partial charge in [-0.25, -0.2) is 0 Å². The third-order valence-electron chi connectivity index (χ3n) is 6.41. The van der Waals surface area contributed by atoms with Crippen molar-refractivity contribution in [2.24, 2.45) is 0 Å². The van der Waals surface area contributed by atoms with E-state index in [0.29, 0.717) is 5.56 Å². The summed E-state index contributed by atoms with van der Waals surface area (Å²) < 4.78 is 5.22. The number of fused-ring (bicyclic) bond motifs is 1. The Morgan fingerprint density at radius 1 is 0.882 bits per heavy atom. The number of nitrogens with one attached hydrogen (secondary N) is 1. The predicted molar refractivity (Wildman–Crippen MR) is 137 cm³/mol. The van der Waals surface area contributed by atoms with E-state index in [-0.39, 0.29) is 5.91 Å². The Kier molecular flexibility index (Phi) is 6.54. The number of ether oxygens (including phenoxy) is 1. The lowest BCUT2D eigenvalue weighted by molar-refractivity contribution is 0.102. The van der Waals surface area contributed by atoms with Crippen LogP contribution in [0.25, 0.3) is 22.0 Å². The zero-order valence-corrected chi connectivity index (χ0v) is 19.5. The summed E-state index contributed by atoms with van der Waals surface area (Å²) in [7, 11) is 1.65. The number of rotatable bonds is 6. The number of carbonyl (C=O) groups is 1. The van der Waals surface area contributed by atoms with E-state index < -0.39 is 0 Å². The van der Waals surface area contributed by atoms with Gasteiger partial charge in [0.25, 0.3) is 5.91 Å². The van der Waals surface area contributed by atoms with Crippen molar-refractivity contribution < 1.29 is 9.53 Å². The molecule has 0 bridgehead atoms. The standard InChI is InChI=1S/C29H29N3O2/c1-34-27-14-10-22(11-15-27)21-5-7-23(8-6-21)29(33)31-25-13-16-28-24(19-25)9-12-26(30-28)20-32-17-3-2-4-18-32/h5-16,19H,2-4,17-18,20H2,1H3,(H,31,33). The lowest BCUT2D eigenvalue weighted by Crippen LogP contribution is -2.29. The number of amides is 1. The summed E-state index contributed by atoms with van der Waals surface area (Å²) in [6.45, 7) is 3.22. The van der Waals surface area contributed by atoms with Crippen LogP contribution in [0.1, 0.15) is 35.3 Å². The van der Waals surface area contributed by atoms with Crippen molar-refractivity contribution in [1.82, 2.24) is 9.88 Å². The topological polar surface area (TPSA) is 54.5 Å². The number of piperidine rings is 1. The number of nitrogens with zero attached hydrogens (tertiary/aromatic N) is 2. The highest BCUT2D eigenvalue weighted by atomic mass is 16.5. The summed E-state index contributed by atoms with van der Waals surface area (Å²) in [5, 5.41) is 4.04. The summed E-state index contributed by atoms with van der Waals surface area (Å²) in [6.07, 6.45) is 3.89. The van der Waals surface area contributed by atoms with Crippen molar-refractivity contribution in [2.75, 3.05) is 25.5 Å². The average Bonchev–Trinajstić information content (AvgIpc) is 2.89. The number of pyridine rings is 1. The third-order valence-corrected chi connectivity index (χ3v) is 6.41. The monoisotopic (exact) mass is 451 g/mol. The van der Waals surface area contributed by atoms with Gasteiger partial charge < -0.3 is 10.1 Å². The van der Waals surface area contributed by atoms with Gasteiger partial charge in [-0.3, -0.25) is 14.7 Å². The molecule has 1 amide bonds. The molecule has 5 nitrogen and oxygen atoms in total. The van der Waals surface area contributed by atoms with Gasteiger partial charge in [0, 0.05) is 23.2 Å². The minimum Gasteiger partial charge on any atom is -0.497 e. The molecule has 5 rings (SSSR count). The second-order valence-electron chi connectivity index (χ2n) is 8.81. The van der Waals surface area contributed by atoms with Crippen LogP contribution in [-0.4, -0.2) is 36.0 Å². The van der Waals surface area contributed by atoms with E-state index in [1.807, 2.05) is 66.7 Å². The molecule has 0 radical (unpaired) electrons. The fourth-order valence-corrected chi connectivity index (χ4v) is 4.48. The Morgan fingerprint density at radius 2 is 1.59 bits per heavy atom. The maximum absolute atomic E-state index is 12.8. The maximum atomic E-state index is 12.8. The first kappa shape index (κ1) is 22.1. The smallest absolute Gasteiger partial charge is 0.255 e. The molecule has 1 N–H and O–H groups in total. The Morgan fingerprint density at radius 3 is 2.29 bits per heavy atom. The molecule has 0 aliphatic carbocycles. The van der Waals surface area contributed by atoms with Gasteiger partial charge in [0.1, 0.15) is 5.75 Å². The number of methoxy groups -OCH3 is 1. The second kappa shape index (κ2) is 10.1. The van der Waals surface area contributed by atoms with Crippen molar-refractivity contribution >= 4 is 22.5 Å². The third kappa shape index (κ3) is 5.10. The lowest BCUT2D eigenvalue weighted by atomic mass is 10.0. The number of likely N-dealkylation sites (tertiary alicyclic amines) is 1. The van der Waals surface area contributed by atoms with E-state index in [1.54, 1.807) is 7.11 Å². The van der Waals surface area contributed by atoms with Crippen molar-refractivity contribution in [3.8, 4) is 16.9 Å². The van der Waals surface area contributed by atoms with Crippen molar-refractivity contribution in [1.29, 1.82) is 0 Å². The molecule has 1 saturated heterocycles. The summed E-state index contributed by atoms with van der Waals surface area (Å²) in [6, 6.07) is 25.6. The van der Waals surface area contributed by atoms with Gasteiger partial charge in [0.15, 0.2) is 0 Å². The van der Waals surface area contributed by atoms with Gasteiger partial charge in [0.05, 0.1) is 18.3 Å². The summed E-state index contributed by atoms with van der Waals surface area (Å²) in [5.41, 5.74) is 5.57. The number of aromatic nitrogens is 1. The molecule has 0 atom stereocenters. The number of hydrogen-bond acceptors (Lipinski definition) is 4. The highest BCUT2D eigenvalue weighted by Crippen LogP contribution is 2.24. The van der Waals surface area contributed by atoms with Crippen LogP contribution in [0.3, 0.4) is 0 Å². The first-order chi connectivity index (χ1) is 16.7. The average molecular weight is 452 g/mol. The summed E-state index contributed by atoms with van der Waals surface area (Å²) >= 11 is 0. The molecule has 172 valence electrons. The van der Waals surface area contributed by atoms with Gasteiger partial charge in [-0.05, 0) is 85.6 Å². The van der Waals surface area contributed by atoms with Crippen LogP contribution in [0.15, 0.2) is 78.9 Å². The van der Waals surface area contributed by atoms with Crippen LogP contribution in [0.5, 0.6) is 5.75 Å². The molecular formula is C29H29N3O2. The number of hydrogen-bond donors (Lipinski definition) is 1. The molecule has 3 aromatic carbocycles. The maximum Gasteiger partial charge on any atom is 0.255 e. The van der Waals surface area contributed by atoms with Crippen LogP contribution < -0.4 is 10.1 Å². The molecule has 0 spiro atoms. The Labute approximate surface area is 200 Å². The van der Waals surface area contributed by atoms with Gasteiger partial charge in [0.2, 0.25) is 0 Å². The zero-order chi connectivity index (χ0) is 23.3. The van der Waals surface area contributed by atoms with E-state index in [2.05, 4.69) is 22.3 Å². The fourth-order valence-electron chi connectivity index (χ4n) is 4.48. The van der Waals surface area contributed by atoms with E-state index >= 15 is 0 Å². The van der Waals surface area contributed by atoms with E-state index in [0.717, 1.165) is 58.8 Å². The summed E-state index contributed by atoms with van der Waals surface area (Å²) in [4.78, 5) is 20.1. The molecule has 0 unspecified atom stereocenters. The molecule has 1 aliphatic rings. The molecular weight excluding hydrogens is 422 g/mol. The first-order valence-electron chi connectivity index (χ1n) is 11.9. The molecule has 4 aromatic rings. The fraction of sp³-hybridized carbons (Fsp3) is 0.241. The summed E-state index contributed by atoms with van der Waals surface area (Å²) in [5.74, 6) is 0.693. The van der Waals surface area contributed by atoms with Gasteiger partial charge >= 0.3 is 0 Å². The SMILES string of the molecule is COc1ccc(-c2ccc(C(=O)Nc3ccc4nc(CN5CCCCC5)ccc4c3)cc2)cc1. The highest BCUT2D eigenvalue weighted by molar-refractivity contribution is 6.05. The number of carbonyl (C=O) groups excluding carboxylic acids is 1. The van der Waals surface area contributed by atoms with Crippen LogP contribution >= 0.6 is 0 Å². The quantitative estimate of drug-likeness (QED) is 0.382. The highest BCUT2D eigenvalue weighted by Gasteiger charge is 2.12. The van der Waals surface area contributed by atoms with Crippen molar-refractivity contribution in [3.05, 3.63) is 90.1 Å². The van der Waals surface area contributed by atoms with Gasteiger partial charge in [-0.2, -0.15) is 0 Å². The van der Waals surface area contributed by atoms with Crippen LogP contribution in [0, 0.1) is 0 Å². The first-order valence-corrected chi connectivity index (χ1v) is 11.9. The van der Waals surface area contributed by atoms with Crippen LogP contribution in [0.4, 0.5) is 5.69 Å². The van der Waals surface area contributed by atoms with Crippen molar-refractivity contribution in [2.45, 2.75) is 25.8 Å². The minimum absolute atomic E-state index is 0.129. The van der Waals surface area contributed by atoms with E-state index in [9.17, 15) is 4.79 Å². The molecule has 5 heteroatoms. The normalized spacial score (nSPS) is 14.1. The molecule has 1 fully saturated rings. The molecule has 0 saturated carbocycles. The molecule has 2 heterocycles. The van der Waals surface area contributed by atoms with Crippen LogP contribution in [0.2, 0.25) is 0 Å². The van der Waals surface area contributed by atoms with Gasteiger partial charge in [-0.15, -0.1) is 0 Å². The Bertz CT molecular complexity index is 1280. The molecule has 1 aromatic heterocycles. The van der Waals surface area contributed by atoms with E-state index in [1.165, 1.54) is 19.3 Å². The van der Waals surface area contributed by atoms with Crippen LogP contribution in [-0.2, 0) is 6.54 Å². The van der Waals surface area contributed by atoms with E-state index in [4.69, 9.17) is 9.72 Å². The van der Waals surface area contributed by atoms with Gasteiger partial charge in [-0.1, -0.05) is 36.8 Å². The zero-order valence-electron chi connectivity index (χ0n) is 19.5. The minimum atomic E-state index is -0.129. The van der Waals surface area contributed by atoms with Crippen molar-refractivity contribution in [3.63, 3.8) is 0 Å². The predicted octanol–water partition coefficient (Wildman–Crippen LogP) is 6.15. The molecule has 34 heavy (non-hydrogen) atoms. The molecule has 1 aliphatic heterocycles. The lowest BCUT2D eigenvalue weighted by Gasteiger charge is -2.26.